The molecule has 0 atom stereocenters. The van der Waals surface area contributed by atoms with Crippen LogP contribution in [0.4, 0.5) is 14.5 Å². The van der Waals surface area contributed by atoms with Crippen LogP contribution in [-0.4, -0.2) is 16.1 Å². The zero-order valence-corrected chi connectivity index (χ0v) is 10.8. The average Bonchev–Trinajstić information content (AvgIpc) is 2.72. The van der Waals surface area contributed by atoms with Crippen molar-refractivity contribution in [3.05, 3.63) is 45.7 Å². The molecule has 0 bridgehead atoms. The van der Waals surface area contributed by atoms with E-state index < -0.39 is 17.5 Å². The number of nitrogens with zero attached hydrogens (tertiary/aromatic N) is 1. The average molecular weight is 316 g/mol. The van der Waals surface area contributed by atoms with Crippen molar-refractivity contribution in [3.63, 3.8) is 0 Å². The highest BCUT2D eigenvalue weighted by molar-refractivity contribution is 9.10. The molecule has 1 heterocycles. The molecule has 1 aromatic carbocycles. The standard InChI is InChI=1S/C11H8BrF2N3O/c1-5-2-9(17-16-5)11(18)15-8-4-6(12)3-7(13)10(8)14/h2-4H,1H3,(H,15,18)(H,16,17). The summed E-state index contributed by atoms with van der Waals surface area (Å²) in [6.07, 6.45) is 0. The maximum atomic E-state index is 13.4. The predicted octanol–water partition coefficient (Wildman–Crippen LogP) is 3.01. The number of hydrogen-bond acceptors (Lipinski definition) is 2. The van der Waals surface area contributed by atoms with Crippen molar-refractivity contribution in [2.75, 3.05) is 5.32 Å². The summed E-state index contributed by atoms with van der Waals surface area (Å²) in [5.41, 5.74) is 0.556. The summed E-state index contributed by atoms with van der Waals surface area (Å²) in [5, 5.41) is 8.56. The van der Waals surface area contributed by atoms with E-state index in [1.54, 1.807) is 6.92 Å². The van der Waals surface area contributed by atoms with Crippen molar-refractivity contribution in [1.29, 1.82) is 0 Å². The van der Waals surface area contributed by atoms with Gasteiger partial charge in [0.25, 0.3) is 5.91 Å². The van der Waals surface area contributed by atoms with Crippen LogP contribution >= 0.6 is 15.9 Å². The molecule has 0 saturated heterocycles. The zero-order chi connectivity index (χ0) is 13.3. The number of carbonyl (C=O) groups excluding carboxylic acids is 1. The fraction of sp³-hybridized carbons (Fsp3) is 0.0909. The summed E-state index contributed by atoms with van der Waals surface area (Å²) in [4.78, 5) is 11.7. The number of anilines is 1. The van der Waals surface area contributed by atoms with Gasteiger partial charge in [-0.3, -0.25) is 9.89 Å². The molecule has 7 heteroatoms. The lowest BCUT2D eigenvalue weighted by atomic mass is 10.2. The second-order valence-electron chi connectivity index (χ2n) is 3.64. The molecular weight excluding hydrogens is 308 g/mol. The lowest BCUT2D eigenvalue weighted by molar-refractivity contribution is 0.102. The van der Waals surface area contributed by atoms with Crippen LogP contribution in [-0.2, 0) is 0 Å². The van der Waals surface area contributed by atoms with Crippen LogP contribution in [0.3, 0.4) is 0 Å². The van der Waals surface area contributed by atoms with Crippen molar-refractivity contribution in [3.8, 4) is 0 Å². The Bertz CT molecular complexity index is 612. The predicted molar refractivity (Wildman–Crippen MR) is 65.3 cm³/mol. The second-order valence-corrected chi connectivity index (χ2v) is 4.56. The van der Waals surface area contributed by atoms with Crippen molar-refractivity contribution < 1.29 is 13.6 Å². The lowest BCUT2D eigenvalue weighted by Crippen LogP contribution is -2.14. The zero-order valence-electron chi connectivity index (χ0n) is 9.22. The fourth-order valence-corrected chi connectivity index (χ4v) is 1.80. The molecule has 0 radical (unpaired) electrons. The Hall–Kier alpha value is -1.76. The van der Waals surface area contributed by atoms with E-state index in [1.165, 1.54) is 12.1 Å². The molecule has 0 aliphatic heterocycles. The number of halogens is 3. The smallest absolute Gasteiger partial charge is 0.276 e. The van der Waals surface area contributed by atoms with E-state index in [0.717, 1.165) is 6.07 Å². The molecule has 0 aliphatic carbocycles. The maximum absolute atomic E-state index is 13.4. The number of benzene rings is 1. The van der Waals surface area contributed by atoms with Gasteiger partial charge in [-0.05, 0) is 25.1 Å². The molecule has 0 spiro atoms. The van der Waals surface area contributed by atoms with E-state index in [2.05, 4.69) is 31.4 Å². The number of hydrogen-bond donors (Lipinski definition) is 2. The third-order valence-corrected chi connectivity index (χ3v) is 2.64. The first-order valence-corrected chi connectivity index (χ1v) is 5.74. The second kappa shape index (κ2) is 4.85. The normalized spacial score (nSPS) is 10.4. The molecule has 1 aromatic heterocycles. The summed E-state index contributed by atoms with van der Waals surface area (Å²) in [7, 11) is 0. The molecular formula is C11H8BrF2N3O. The van der Waals surface area contributed by atoms with E-state index in [9.17, 15) is 13.6 Å². The number of H-pyrrole nitrogens is 1. The molecule has 4 nitrogen and oxygen atoms in total. The minimum Gasteiger partial charge on any atom is -0.318 e. The van der Waals surface area contributed by atoms with Gasteiger partial charge in [0.1, 0.15) is 0 Å². The molecule has 2 aromatic rings. The van der Waals surface area contributed by atoms with Gasteiger partial charge in [0, 0.05) is 10.2 Å². The van der Waals surface area contributed by atoms with E-state index in [1.807, 2.05) is 0 Å². The van der Waals surface area contributed by atoms with Crippen molar-refractivity contribution in [2.45, 2.75) is 6.92 Å². The van der Waals surface area contributed by atoms with Gasteiger partial charge in [0.15, 0.2) is 17.3 Å². The molecule has 94 valence electrons. The first-order valence-electron chi connectivity index (χ1n) is 4.95. The third-order valence-electron chi connectivity index (χ3n) is 2.18. The van der Waals surface area contributed by atoms with E-state index in [-0.39, 0.29) is 11.4 Å². The number of carbonyl (C=O) groups is 1. The Morgan fingerprint density at radius 1 is 1.39 bits per heavy atom. The van der Waals surface area contributed by atoms with Crippen molar-refractivity contribution >= 4 is 27.5 Å². The van der Waals surface area contributed by atoms with Crippen LogP contribution in [0.2, 0.25) is 0 Å². The van der Waals surface area contributed by atoms with Gasteiger partial charge < -0.3 is 5.32 Å². The van der Waals surface area contributed by atoms with Crippen LogP contribution in [0, 0.1) is 18.6 Å². The van der Waals surface area contributed by atoms with Crippen LogP contribution in [0.25, 0.3) is 0 Å². The number of amides is 1. The monoisotopic (exact) mass is 315 g/mol. The Labute approximate surface area is 110 Å². The number of aryl methyl sites for hydroxylation is 1. The van der Waals surface area contributed by atoms with Gasteiger partial charge in [-0.2, -0.15) is 5.10 Å². The highest BCUT2D eigenvalue weighted by atomic mass is 79.9. The Morgan fingerprint density at radius 3 is 2.72 bits per heavy atom. The van der Waals surface area contributed by atoms with Gasteiger partial charge in [-0.25, -0.2) is 8.78 Å². The topological polar surface area (TPSA) is 57.8 Å². The van der Waals surface area contributed by atoms with Crippen LogP contribution < -0.4 is 5.32 Å². The lowest BCUT2D eigenvalue weighted by Gasteiger charge is -2.06. The molecule has 1 amide bonds. The van der Waals surface area contributed by atoms with Gasteiger partial charge in [0.2, 0.25) is 0 Å². The van der Waals surface area contributed by atoms with E-state index in [0.29, 0.717) is 10.2 Å². The first-order chi connectivity index (χ1) is 8.47. The third kappa shape index (κ3) is 2.56. The highest BCUT2D eigenvalue weighted by Gasteiger charge is 2.15. The van der Waals surface area contributed by atoms with Crippen molar-refractivity contribution in [1.82, 2.24) is 10.2 Å². The van der Waals surface area contributed by atoms with Crippen LogP contribution in [0.1, 0.15) is 16.2 Å². The Kier molecular flexibility index (Phi) is 3.42. The molecule has 18 heavy (non-hydrogen) atoms. The summed E-state index contributed by atoms with van der Waals surface area (Å²) >= 11 is 3.02. The minimum atomic E-state index is -1.11. The number of nitrogens with one attached hydrogen (secondary N) is 2. The summed E-state index contributed by atoms with van der Waals surface area (Å²) in [6.45, 7) is 1.73. The summed E-state index contributed by atoms with van der Waals surface area (Å²) in [5.74, 6) is -2.77. The molecule has 0 saturated carbocycles. The van der Waals surface area contributed by atoms with Gasteiger partial charge in [-0.1, -0.05) is 15.9 Å². The maximum Gasteiger partial charge on any atom is 0.276 e. The summed E-state index contributed by atoms with van der Waals surface area (Å²) < 4.78 is 26.9. The first kappa shape index (κ1) is 12.7. The van der Waals surface area contributed by atoms with Crippen molar-refractivity contribution in [2.24, 2.45) is 0 Å². The Morgan fingerprint density at radius 2 is 2.11 bits per heavy atom. The van der Waals surface area contributed by atoms with E-state index >= 15 is 0 Å². The fourth-order valence-electron chi connectivity index (χ4n) is 1.37. The van der Waals surface area contributed by atoms with Crippen LogP contribution in [0.5, 0.6) is 0 Å². The van der Waals surface area contributed by atoms with E-state index in [4.69, 9.17) is 0 Å². The summed E-state index contributed by atoms with van der Waals surface area (Å²) in [6, 6.07) is 3.75. The SMILES string of the molecule is Cc1cc(C(=O)Nc2cc(Br)cc(F)c2F)n[nH]1. The quantitative estimate of drug-likeness (QED) is 0.837. The molecule has 2 N–H and O–H groups in total. The van der Waals surface area contributed by atoms with Gasteiger partial charge in [0.05, 0.1) is 5.69 Å². The molecule has 0 fully saturated rings. The Balaban J connectivity index is 2.27. The number of aromatic amines is 1. The molecule has 2 rings (SSSR count). The highest BCUT2D eigenvalue weighted by Crippen LogP contribution is 2.23. The largest absolute Gasteiger partial charge is 0.318 e. The van der Waals surface area contributed by atoms with Gasteiger partial charge >= 0.3 is 0 Å². The minimum absolute atomic E-state index is 0.104. The number of rotatable bonds is 2. The number of aromatic nitrogens is 2. The molecule has 0 unspecified atom stereocenters. The van der Waals surface area contributed by atoms with Crippen LogP contribution in [0.15, 0.2) is 22.7 Å². The van der Waals surface area contributed by atoms with Gasteiger partial charge in [-0.15, -0.1) is 0 Å². The molecule has 0 aliphatic rings.